The molecule has 0 bridgehead atoms. The van der Waals surface area contributed by atoms with Crippen molar-refractivity contribution >= 4 is 45.0 Å². The zero-order valence-corrected chi connectivity index (χ0v) is 15.0. The van der Waals surface area contributed by atoms with Crippen LogP contribution in [0.4, 0.5) is 5.13 Å². The van der Waals surface area contributed by atoms with E-state index in [9.17, 15) is 4.79 Å². The summed E-state index contributed by atoms with van der Waals surface area (Å²) in [5, 5.41) is 7.52. The summed E-state index contributed by atoms with van der Waals surface area (Å²) < 4.78 is 10.7. The lowest BCUT2D eigenvalue weighted by atomic mass is 10.3. The van der Waals surface area contributed by atoms with Crippen molar-refractivity contribution in [3.05, 3.63) is 35.0 Å². The third-order valence-corrected chi connectivity index (χ3v) is 6.36. The molecule has 0 aliphatic carbocycles. The Kier molecular flexibility index (Phi) is 4.72. The van der Waals surface area contributed by atoms with Gasteiger partial charge in [0.05, 0.1) is 29.6 Å². The number of hydrogen-bond donors (Lipinski definition) is 1. The lowest BCUT2D eigenvalue weighted by Crippen LogP contribution is -2.39. The highest BCUT2D eigenvalue weighted by Crippen LogP contribution is 2.42. The van der Waals surface area contributed by atoms with Crippen LogP contribution in [0.2, 0.25) is 0 Å². The van der Waals surface area contributed by atoms with Crippen molar-refractivity contribution in [1.82, 2.24) is 4.98 Å². The fourth-order valence-corrected chi connectivity index (χ4v) is 4.98. The molecule has 3 aromatic heterocycles. The Morgan fingerprint density at radius 1 is 1.17 bits per heavy atom. The summed E-state index contributed by atoms with van der Waals surface area (Å²) in [5.41, 5.74) is 0.911. The zero-order chi connectivity index (χ0) is 16.4. The topological polar surface area (TPSA) is 60.5 Å². The van der Waals surface area contributed by atoms with E-state index in [4.69, 9.17) is 9.47 Å². The highest BCUT2D eigenvalue weighted by molar-refractivity contribution is 7.24. The summed E-state index contributed by atoms with van der Waals surface area (Å²) in [7, 11) is 0. The van der Waals surface area contributed by atoms with Gasteiger partial charge in [0.25, 0.3) is 5.91 Å². The van der Waals surface area contributed by atoms with Gasteiger partial charge in [0.15, 0.2) is 11.2 Å². The molecule has 0 spiro atoms. The second-order valence-corrected chi connectivity index (χ2v) is 7.97. The molecule has 1 unspecified atom stereocenters. The van der Waals surface area contributed by atoms with Gasteiger partial charge in [-0.3, -0.25) is 10.1 Å². The molecule has 1 N–H and O–H groups in total. The van der Waals surface area contributed by atoms with Gasteiger partial charge >= 0.3 is 0 Å². The maximum absolute atomic E-state index is 12.3. The van der Waals surface area contributed by atoms with Crippen LogP contribution < -0.4 is 5.32 Å². The van der Waals surface area contributed by atoms with Gasteiger partial charge in [-0.25, -0.2) is 4.98 Å². The van der Waals surface area contributed by atoms with Gasteiger partial charge in [0.2, 0.25) is 0 Å². The van der Waals surface area contributed by atoms with Crippen molar-refractivity contribution in [3.8, 4) is 20.3 Å². The monoisotopic (exact) mass is 378 g/mol. The van der Waals surface area contributed by atoms with Crippen LogP contribution in [0.15, 0.2) is 35.0 Å². The van der Waals surface area contributed by atoms with E-state index in [1.807, 2.05) is 29.0 Å². The van der Waals surface area contributed by atoms with Crippen LogP contribution in [0.25, 0.3) is 20.3 Å². The van der Waals surface area contributed by atoms with Crippen molar-refractivity contribution in [2.24, 2.45) is 0 Å². The fourth-order valence-electron chi connectivity index (χ4n) is 2.35. The lowest BCUT2D eigenvalue weighted by Gasteiger charge is -2.21. The molecular weight excluding hydrogens is 364 g/mol. The molecule has 1 atom stereocenters. The van der Waals surface area contributed by atoms with Gasteiger partial charge in [-0.05, 0) is 22.9 Å². The van der Waals surface area contributed by atoms with E-state index in [1.165, 1.54) is 11.3 Å². The number of carbonyl (C=O) groups is 1. The Morgan fingerprint density at radius 3 is 2.62 bits per heavy atom. The highest BCUT2D eigenvalue weighted by Gasteiger charge is 2.25. The molecule has 1 aliphatic heterocycles. The summed E-state index contributed by atoms with van der Waals surface area (Å²) in [6.07, 6.45) is -0.571. The van der Waals surface area contributed by atoms with E-state index in [2.05, 4.69) is 16.4 Å². The van der Waals surface area contributed by atoms with Gasteiger partial charge < -0.3 is 9.47 Å². The van der Waals surface area contributed by atoms with Crippen LogP contribution in [0, 0.1) is 0 Å². The summed E-state index contributed by atoms with van der Waals surface area (Å²) in [6.45, 7) is 1.26. The first-order valence-electron chi connectivity index (χ1n) is 7.40. The molecule has 24 heavy (non-hydrogen) atoms. The number of anilines is 1. The number of carbonyl (C=O) groups excluding carboxylic acids is 1. The lowest BCUT2D eigenvalue weighted by molar-refractivity contribution is -0.142. The number of nitrogens with one attached hydrogen (secondary N) is 1. The molecule has 5 nitrogen and oxygen atoms in total. The minimum atomic E-state index is -0.571. The van der Waals surface area contributed by atoms with Crippen LogP contribution in [0.1, 0.15) is 0 Å². The fraction of sp³-hybridized carbons (Fsp3) is 0.250. The molecule has 124 valence electrons. The first-order chi connectivity index (χ1) is 11.8. The van der Waals surface area contributed by atoms with Crippen LogP contribution in [-0.2, 0) is 14.3 Å². The minimum Gasteiger partial charge on any atom is -0.376 e. The van der Waals surface area contributed by atoms with Crippen LogP contribution in [0.5, 0.6) is 0 Å². The van der Waals surface area contributed by atoms with Gasteiger partial charge in [-0.1, -0.05) is 23.5 Å². The summed E-state index contributed by atoms with van der Waals surface area (Å²) >= 11 is 4.79. The normalized spacial score (nSPS) is 17.8. The average molecular weight is 379 g/mol. The Labute approximate surface area is 150 Å². The molecule has 1 amide bonds. The largest absolute Gasteiger partial charge is 0.376 e. The molecular formula is C16H14N2O3S3. The predicted octanol–water partition coefficient (Wildman–Crippen LogP) is 3.95. The van der Waals surface area contributed by atoms with Crippen molar-refractivity contribution in [2.75, 3.05) is 25.1 Å². The third-order valence-electron chi connectivity index (χ3n) is 3.47. The Bertz CT molecular complexity index is 754. The van der Waals surface area contributed by atoms with Crippen molar-refractivity contribution < 1.29 is 14.3 Å². The molecule has 1 aliphatic rings. The number of nitrogens with zero attached hydrogens (tertiary/aromatic N) is 1. The maximum Gasteiger partial charge on any atom is 0.257 e. The number of ether oxygens (including phenoxy) is 2. The zero-order valence-electron chi connectivity index (χ0n) is 12.6. The van der Waals surface area contributed by atoms with Gasteiger partial charge in [-0.2, -0.15) is 0 Å². The summed E-state index contributed by atoms with van der Waals surface area (Å²) in [6, 6.07) is 8.13. The second kappa shape index (κ2) is 7.12. The Balaban J connectivity index is 1.62. The molecule has 8 heteroatoms. The molecule has 3 aromatic rings. The van der Waals surface area contributed by atoms with Crippen LogP contribution in [-0.4, -0.2) is 36.8 Å². The molecule has 1 fully saturated rings. The van der Waals surface area contributed by atoms with E-state index < -0.39 is 6.10 Å². The van der Waals surface area contributed by atoms with Crippen molar-refractivity contribution in [1.29, 1.82) is 0 Å². The molecule has 1 saturated heterocycles. The SMILES string of the molecule is O=C(Nc1nc(-c2cccs2)c(-c2cccs2)s1)C1COCCO1. The molecule has 0 saturated carbocycles. The van der Waals surface area contributed by atoms with Crippen molar-refractivity contribution in [2.45, 2.75) is 6.10 Å². The highest BCUT2D eigenvalue weighted by atomic mass is 32.1. The van der Waals surface area contributed by atoms with E-state index >= 15 is 0 Å². The molecule has 0 aromatic carbocycles. The number of amides is 1. The number of aromatic nitrogens is 1. The van der Waals surface area contributed by atoms with Gasteiger partial charge in [0.1, 0.15) is 5.69 Å². The third kappa shape index (κ3) is 3.28. The van der Waals surface area contributed by atoms with Gasteiger partial charge in [0, 0.05) is 4.88 Å². The average Bonchev–Trinajstić information content (AvgIpc) is 3.36. The first kappa shape index (κ1) is 15.9. The van der Waals surface area contributed by atoms with E-state index in [0.29, 0.717) is 18.3 Å². The van der Waals surface area contributed by atoms with E-state index in [-0.39, 0.29) is 12.5 Å². The molecule has 0 radical (unpaired) electrons. The van der Waals surface area contributed by atoms with E-state index in [0.717, 1.165) is 20.3 Å². The first-order valence-corrected chi connectivity index (χ1v) is 9.97. The number of rotatable bonds is 4. The standard InChI is InChI=1S/C16H14N2O3S3/c19-15(10-9-20-5-6-21-10)18-16-17-13(11-3-1-7-22-11)14(24-16)12-4-2-8-23-12/h1-4,7-8,10H,5-6,9H2,(H,17,18,19). The second-order valence-electron chi connectivity index (χ2n) is 5.07. The Hall–Kier alpha value is -1.58. The maximum atomic E-state index is 12.3. The number of hydrogen-bond acceptors (Lipinski definition) is 7. The number of thiophene rings is 2. The predicted molar refractivity (Wildman–Crippen MR) is 97.9 cm³/mol. The molecule has 4 heterocycles. The summed E-state index contributed by atoms with van der Waals surface area (Å²) in [4.78, 5) is 20.3. The number of thiazole rings is 1. The summed E-state index contributed by atoms with van der Waals surface area (Å²) in [5.74, 6) is -0.209. The van der Waals surface area contributed by atoms with Crippen molar-refractivity contribution in [3.63, 3.8) is 0 Å². The van der Waals surface area contributed by atoms with Crippen LogP contribution in [0.3, 0.4) is 0 Å². The van der Waals surface area contributed by atoms with Crippen LogP contribution >= 0.6 is 34.0 Å². The minimum absolute atomic E-state index is 0.209. The smallest absolute Gasteiger partial charge is 0.257 e. The van der Waals surface area contributed by atoms with Gasteiger partial charge in [-0.15, -0.1) is 22.7 Å². The quantitative estimate of drug-likeness (QED) is 0.747. The molecule has 4 rings (SSSR count). The van der Waals surface area contributed by atoms with E-state index in [1.54, 1.807) is 22.7 Å². The Morgan fingerprint density at radius 2 is 1.96 bits per heavy atom.